The van der Waals surface area contributed by atoms with Gasteiger partial charge in [-0.3, -0.25) is 4.98 Å². The molecule has 0 spiro atoms. The molecule has 2 aromatic rings. The minimum absolute atomic E-state index is 0.873. The number of hydrogen-bond donors (Lipinski definition) is 0. The second kappa shape index (κ2) is 3.70. The first-order valence-electron chi connectivity index (χ1n) is 4.95. The Morgan fingerprint density at radius 2 is 2.00 bits per heavy atom. The summed E-state index contributed by atoms with van der Waals surface area (Å²) in [6.07, 6.45) is 3.57. The van der Waals surface area contributed by atoms with Gasteiger partial charge in [-0.25, -0.2) is 9.97 Å². The molecule has 2 rings (SSSR count). The van der Waals surface area contributed by atoms with Gasteiger partial charge >= 0.3 is 0 Å². The monoisotopic (exact) mass is 187 g/mol. The minimum Gasteiger partial charge on any atom is -0.253 e. The Bertz CT molecular complexity index is 451. The van der Waals surface area contributed by atoms with Crippen LogP contribution in [0.5, 0.6) is 0 Å². The van der Waals surface area contributed by atoms with Crippen LogP contribution in [-0.4, -0.2) is 15.0 Å². The van der Waals surface area contributed by atoms with Crippen molar-refractivity contribution in [2.24, 2.45) is 0 Å². The van der Waals surface area contributed by atoms with Gasteiger partial charge in [-0.2, -0.15) is 0 Å². The van der Waals surface area contributed by atoms with Crippen LogP contribution >= 0.6 is 0 Å². The summed E-state index contributed by atoms with van der Waals surface area (Å²) in [5.41, 5.74) is 2.94. The molecule has 3 nitrogen and oxygen atoms in total. The summed E-state index contributed by atoms with van der Waals surface area (Å²) in [5.74, 6) is 0.905. The lowest BCUT2D eigenvalue weighted by atomic mass is 10.2. The van der Waals surface area contributed by atoms with Crippen molar-refractivity contribution in [1.82, 2.24) is 15.0 Å². The van der Waals surface area contributed by atoms with Gasteiger partial charge in [0.25, 0.3) is 0 Å². The molecule has 0 aliphatic heterocycles. The van der Waals surface area contributed by atoms with Crippen LogP contribution < -0.4 is 0 Å². The van der Waals surface area contributed by atoms with Crippen LogP contribution in [-0.2, 0) is 12.8 Å². The van der Waals surface area contributed by atoms with Crippen LogP contribution in [0.2, 0.25) is 0 Å². The van der Waals surface area contributed by atoms with E-state index in [0.29, 0.717) is 0 Å². The SMILES string of the molecule is CCc1nc(CC)c2ncccc2n1. The number of nitrogens with zero attached hydrogens (tertiary/aromatic N) is 3. The van der Waals surface area contributed by atoms with Gasteiger partial charge in [-0.1, -0.05) is 13.8 Å². The van der Waals surface area contributed by atoms with Crippen molar-refractivity contribution < 1.29 is 0 Å². The van der Waals surface area contributed by atoms with E-state index >= 15 is 0 Å². The highest BCUT2D eigenvalue weighted by atomic mass is 14.9. The van der Waals surface area contributed by atoms with Gasteiger partial charge in [0, 0.05) is 12.6 Å². The van der Waals surface area contributed by atoms with E-state index in [1.54, 1.807) is 6.20 Å². The standard InChI is InChI=1S/C11H13N3/c1-3-8-11-9(6-5-7-12-11)14-10(4-2)13-8/h5-7H,3-4H2,1-2H3. The molecule has 0 saturated carbocycles. The van der Waals surface area contributed by atoms with E-state index < -0.39 is 0 Å². The Morgan fingerprint density at radius 3 is 2.71 bits per heavy atom. The Labute approximate surface area is 83.2 Å². The summed E-state index contributed by atoms with van der Waals surface area (Å²) in [5, 5.41) is 0. The second-order valence-corrected chi connectivity index (χ2v) is 3.16. The average Bonchev–Trinajstić information content (AvgIpc) is 2.27. The van der Waals surface area contributed by atoms with E-state index in [1.165, 1.54) is 0 Å². The predicted molar refractivity (Wildman–Crippen MR) is 56.1 cm³/mol. The molecular weight excluding hydrogens is 174 g/mol. The fourth-order valence-electron chi connectivity index (χ4n) is 1.49. The van der Waals surface area contributed by atoms with Crippen LogP contribution in [0.1, 0.15) is 25.4 Å². The molecule has 0 aliphatic rings. The highest BCUT2D eigenvalue weighted by molar-refractivity contribution is 5.75. The van der Waals surface area contributed by atoms with E-state index in [9.17, 15) is 0 Å². The fraction of sp³-hybridized carbons (Fsp3) is 0.364. The predicted octanol–water partition coefficient (Wildman–Crippen LogP) is 2.15. The van der Waals surface area contributed by atoms with E-state index in [-0.39, 0.29) is 0 Å². The highest BCUT2D eigenvalue weighted by Gasteiger charge is 2.05. The quantitative estimate of drug-likeness (QED) is 0.723. The molecular formula is C11H13N3. The molecule has 0 aliphatic carbocycles. The average molecular weight is 187 g/mol. The van der Waals surface area contributed by atoms with Crippen LogP contribution in [0.25, 0.3) is 11.0 Å². The molecule has 0 atom stereocenters. The van der Waals surface area contributed by atoms with Gasteiger partial charge in [0.1, 0.15) is 11.3 Å². The summed E-state index contributed by atoms with van der Waals surface area (Å²) in [7, 11) is 0. The van der Waals surface area contributed by atoms with E-state index in [0.717, 1.165) is 35.4 Å². The molecule has 2 heterocycles. The third-order valence-corrected chi connectivity index (χ3v) is 2.22. The maximum absolute atomic E-state index is 4.46. The topological polar surface area (TPSA) is 38.7 Å². The lowest BCUT2D eigenvalue weighted by Gasteiger charge is -2.04. The second-order valence-electron chi connectivity index (χ2n) is 3.16. The first-order valence-corrected chi connectivity index (χ1v) is 4.95. The number of aryl methyl sites for hydroxylation is 2. The third-order valence-electron chi connectivity index (χ3n) is 2.22. The zero-order valence-corrected chi connectivity index (χ0v) is 8.49. The Kier molecular flexibility index (Phi) is 2.39. The highest BCUT2D eigenvalue weighted by Crippen LogP contribution is 2.13. The molecule has 2 aromatic heterocycles. The zero-order valence-electron chi connectivity index (χ0n) is 8.49. The molecule has 0 fully saturated rings. The summed E-state index contributed by atoms with van der Waals surface area (Å²) >= 11 is 0. The molecule has 0 bridgehead atoms. The van der Waals surface area contributed by atoms with E-state index in [1.807, 2.05) is 12.1 Å². The summed E-state index contributed by atoms with van der Waals surface area (Å²) in [4.78, 5) is 13.2. The minimum atomic E-state index is 0.873. The normalized spacial score (nSPS) is 10.7. The van der Waals surface area contributed by atoms with Gasteiger partial charge in [-0.05, 0) is 18.6 Å². The number of hydrogen-bond acceptors (Lipinski definition) is 3. The molecule has 0 aromatic carbocycles. The zero-order chi connectivity index (χ0) is 9.97. The molecule has 72 valence electrons. The van der Waals surface area contributed by atoms with Gasteiger partial charge in [0.05, 0.1) is 11.2 Å². The van der Waals surface area contributed by atoms with Crippen LogP contribution in [0.15, 0.2) is 18.3 Å². The summed E-state index contributed by atoms with van der Waals surface area (Å²) in [6, 6.07) is 3.90. The van der Waals surface area contributed by atoms with Gasteiger partial charge in [0.15, 0.2) is 0 Å². The number of fused-ring (bicyclic) bond motifs is 1. The number of rotatable bonds is 2. The van der Waals surface area contributed by atoms with Crippen molar-refractivity contribution in [3.8, 4) is 0 Å². The summed E-state index contributed by atoms with van der Waals surface area (Å²) in [6.45, 7) is 4.16. The molecule has 0 amide bonds. The molecule has 0 N–H and O–H groups in total. The van der Waals surface area contributed by atoms with Crippen molar-refractivity contribution >= 4 is 11.0 Å². The van der Waals surface area contributed by atoms with Crippen LogP contribution in [0, 0.1) is 0 Å². The summed E-state index contributed by atoms with van der Waals surface area (Å²) < 4.78 is 0. The Morgan fingerprint density at radius 1 is 1.14 bits per heavy atom. The Balaban J connectivity index is 2.73. The van der Waals surface area contributed by atoms with Gasteiger partial charge < -0.3 is 0 Å². The third kappa shape index (κ3) is 1.45. The largest absolute Gasteiger partial charge is 0.253 e. The maximum atomic E-state index is 4.46. The molecule has 14 heavy (non-hydrogen) atoms. The maximum Gasteiger partial charge on any atom is 0.129 e. The van der Waals surface area contributed by atoms with Crippen LogP contribution in [0.3, 0.4) is 0 Å². The lowest BCUT2D eigenvalue weighted by Crippen LogP contribution is -2.00. The van der Waals surface area contributed by atoms with E-state index in [4.69, 9.17) is 0 Å². The van der Waals surface area contributed by atoms with Crippen molar-refractivity contribution in [2.75, 3.05) is 0 Å². The first kappa shape index (κ1) is 9.06. The molecule has 3 heteroatoms. The fourth-order valence-corrected chi connectivity index (χ4v) is 1.49. The lowest BCUT2D eigenvalue weighted by molar-refractivity contribution is 0.907. The van der Waals surface area contributed by atoms with Crippen molar-refractivity contribution in [2.45, 2.75) is 26.7 Å². The number of aromatic nitrogens is 3. The first-order chi connectivity index (χ1) is 6.85. The Hall–Kier alpha value is -1.51. The molecule has 0 saturated heterocycles. The van der Waals surface area contributed by atoms with Crippen LogP contribution in [0.4, 0.5) is 0 Å². The van der Waals surface area contributed by atoms with Crippen molar-refractivity contribution in [3.05, 3.63) is 29.8 Å². The van der Waals surface area contributed by atoms with E-state index in [2.05, 4.69) is 28.8 Å². The van der Waals surface area contributed by atoms with Gasteiger partial charge in [0.2, 0.25) is 0 Å². The molecule has 0 unspecified atom stereocenters. The van der Waals surface area contributed by atoms with Crippen molar-refractivity contribution in [1.29, 1.82) is 0 Å². The van der Waals surface area contributed by atoms with Gasteiger partial charge in [-0.15, -0.1) is 0 Å². The smallest absolute Gasteiger partial charge is 0.129 e. The molecule has 0 radical (unpaired) electrons. The van der Waals surface area contributed by atoms with Crippen molar-refractivity contribution in [3.63, 3.8) is 0 Å². The number of pyridine rings is 1.